The minimum Gasteiger partial charge on any atom is -0.370 e. The number of rotatable bonds is 2. The topological polar surface area (TPSA) is 41.5 Å². The van der Waals surface area contributed by atoms with E-state index in [-0.39, 0.29) is 11.9 Å². The van der Waals surface area contributed by atoms with E-state index >= 15 is 0 Å². The number of fused-ring (bicyclic) bond motifs is 1. The number of ether oxygens (including phenoxy) is 1. The quantitative estimate of drug-likeness (QED) is 0.845. The molecule has 0 amide bonds. The Morgan fingerprint density at radius 3 is 2.83 bits per heavy atom. The van der Waals surface area contributed by atoms with Gasteiger partial charge < -0.3 is 14.5 Å². The number of likely N-dealkylation sites (N-methyl/N-ethyl adjacent to an activating group) is 1. The van der Waals surface area contributed by atoms with E-state index in [0.717, 1.165) is 49.7 Å². The largest absolute Gasteiger partial charge is 0.370 e. The van der Waals surface area contributed by atoms with Crippen LogP contribution in [0.5, 0.6) is 0 Å². The van der Waals surface area contributed by atoms with E-state index in [4.69, 9.17) is 4.74 Å². The highest BCUT2D eigenvalue weighted by molar-refractivity contribution is 5.50. The summed E-state index contributed by atoms with van der Waals surface area (Å²) in [5.41, 5.74) is 3.38. The second kappa shape index (κ2) is 6.45. The van der Waals surface area contributed by atoms with E-state index in [1.54, 1.807) is 18.5 Å². The van der Waals surface area contributed by atoms with Crippen LogP contribution in [0.25, 0.3) is 0 Å². The second-order valence-corrected chi connectivity index (χ2v) is 6.47. The van der Waals surface area contributed by atoms with Crippen molar-refractivity contribution in [3.05, 3.63) is 53.2 Å². The molecule has 5 nitrogen and oxygen atoms in total. The average Bonchev–Trinajstić information content (AvgIpc) is 2.62. The fourth-order valence-corrected chi connectivity index (χ4v) is 3.45. The Hall–Kier alpha value is -2.05. The van der Waals surface area contributed by atoms with Gasteiger partial charge in [-0.2, -0.15) is 0 Å². The van der Waals surface area contributed by atoms with Gasteiger partial charge in [0.15, 0.2) is 0 Å². The summed E-state index contributed by atoms with van der Waals surface area (Å²) in [5.74, 6) is 0.793. The summed E-state index contributed by atoms with van der Waals surface area (Å²) < 4.78 is 19.1. The van der Waals surface area contributed by atoms with Crippen molar-refractivity contribution in [1.82, 2.24) is 14.9 Å². The third-order valence-electron chi connectivity index (χ3n) is 4.78. The van der Waals surface area contributed by atoms with Crippen LogP contribution in [0.15, 0.2) is 30.6 Å². The highest BCUT2D eigenvalue weighted by atomic mass is 19.1. The second-order valence-electron chi connectivity index (χ2n) is 6.47. The summed E-state index contributed by atoms with van der Waals surface area (Å²) in [5, 5.41) is 0. The first kappa shape index (κ1) is 15.5. The molecule has 4 rings (SSSR count). The number of hydrogen-bond donors (Lipinski definition) is 0. The molecule has 2 aliphatic rings. The van der Waals surface area contributed by atoms with Crippen molar-refractivity contribution in [2.75, 3.05) is 38.2 Å². The monoisotopic (exact) mass is 328 g/mol. The van der Waals surface area contributed by atoms with Crippen LogP contribution in [0.2, 0.25) is 0 Å². The van der Waals surface area contributed by atoms with Crippen molar-refractivity contribution in [3.8, 4) is 0 Å². The van der Waals surface area contributed by atoms with Crippen LogP contribution in [-0.4, -0.2) is 48.2 Å². The predicted molar refractivity (Wildman–Crippen MR) is 89.4 cm³/mol. The van der Waals surface area contributed by atoms with E-state index in [0.29, 0.717) is 6.61 Å². The molecule has 0 radical (unpaired) electrons. The summed E-state index contributed by atoms with van der Waals surface area (Å²) in [6, 6.07) is 6.57. The highest BCUT2D eigenvalue weighted by Gasteiger charge is 2.27. The fraction of sp³-hybridized carbons (Fsp3) is 0.444. The molecular formula is C18H21FN4O. The molecule has 0 aliphatic carbocycles. The number of benzene rings is 1. The smallest absolute Gasteiger partial charge is 0.136 e. The highest BCUT2D eigenvalue weighted by Crippen LogP contribution is 2.30. The SMILES string of the molecule is CN1CCc2ncnc(N3CCO[C@H](c4ccc(F)cc4)C3)c2C1. The van der Waals surface area contributed by atoms with Gasteiger partial charge >= 0.3 is 0 Å². The molecule has 2 aromatic rings. The fourth-order valence-electron chi connectivity index (χ4n) is 3.45. The van der Waals surface area contributed by atoms with Crippen LogP contribution in [0, 0.1) is 5.82 Å². The first-order valence-corrected chi connectivity index (χ1v) is 8.34. The molecule has 126 valence electrons. The lowest BCUT2D eigenvalue weighted by atomic mass is 10.0. The minimum absolute atomic E-state index is 0.0636. The molecule has 0 bridgehead atoms. The van der Waals surface area contributed by atoms with E-state index in [1.807, 2.05) is 0 Å². The maximum atomic E-state index is 13.1. The van der Waals surface area contributed by atoms with Gasteiger partial charge in [0, 0.05) is 38.2 Å². The number of hydrogen-bond acceptors (Lipinski definition) is 5. The third-order valence-corrected chi connectivity index (χ3v) is 4.78. The Morgan fingerprint density at radius 2 is 2.00 bits per heavy atom. The first-order chi connectivity index (χ1) is 11.7. The summed E-state index contributed by atoms with van der Waals surface area (Å²) >= 11 is 0. The van der Waals surface area contributed by atoms with Gasteiger partial charge in [-0.25, -0.2) is 14.4 Å². The van der Waals surface area contributed by atoms with Crippen LogP contribution in [0.3, 0.4) is 0 Å². The lowest BCUT2D eigenvalue weighted by Crippen LogP contribution is -2.40. The van der Waals surface area contributed by atoms with Crippen LogP contribution in [0.1, 0.15) is 22.9 Å². The zero-order chi connectivity index (χ0) is 16.5. The maximum absolute atomic E-state index is 13.1. The van der Waals surface area contributed by atoms with E-state index in [9.17, 15) is 4.39 Å². The van der Waals surface area contributed by atoms with Gasteiger partial charge in [0.05, 0.1) is 12.3 Å². The average molecular weight is 328 g/mol. The van der Waals surface area contributed by atoms with Crippen molar-refractivity contribution in [2.45, 2.75) is 19.1 Å². The van der Waals surface area contributed by atoms with Crippen molar-refractivity contribution in [2.24, 2.45) is 0 Å². The summed E-state index contributed by atoms with van der Waals surface area (Å²) in [7, 11) is 2.13. The number of halogens is 1. The number of anilines is 1. The Kier molecular flexibility index (Phi) is 4.16. The van der Waals surface area contributed by atoms with Crippen molar-refractivity contribution >= 4 is 5.82 Å². The molecule has 1 fully saturated rings. The molecule has 0 spiro atoms. The Balaban J connectivity index is 1.60. The van der Waals surface area contributed by atoms with Crippen LogP contribution in [-0.2, 0) is 17.7 Å². The molecule has 1 aromatic heterocycles. The lowest BCUT2D eigenvalue weighted by Gasteiger charge is -2.36. The molecule has 3 heterocycles. The standard InChI is InChI=1S/C18H21FN4O/c1-22-7-6-16-15(10-22)18(21-12-20-16)23-8-9-24-17(11-23)13-2-4-14(19)5-3-13/h2-5,12,17H,6-11H2,1H3/t17-/m0/s1. The Morgan fingerprint density at radius 1 is 1.17 bits per heavy atom. The predicted octanol–water partition coefficient (Wildman–Crippen LogP) is 2.18. The molecular weight excluding hydrogens is 307 g/mol. The van der Waals surface area contributed by atoms with Crippen molar-refractivity contribution in [3.63, 3.8) is 0 Å². The third kappa shape index (κ3) is 2.99. The van der Waals surface area contributed by atoms with Gasteiger partial charge in [-0.1, -0.05) is 12.1 Å². The summed E-state index contributed by atoms with van der Waals surface area (Å²) in [4.78, 5) is 13.6. The molecule has 2 aliphatic heterocycles. The van der Waals surface area contributed by atoms with Gasteiger partial charge in [0.25, 0.3) is 0 Å². The molecule has 1 atom stereocenters. The number of aromatic nitrogens is 2. The first-order valence-electron chi connectivity index (χ1n) is 8.34. The Bertz CT molecular complexity index is 721. The van der Waals surface area contributed by atoms with E-state index in [1.165, 1.54) is 17.7 Å². The zero-order valence-corrected chi connectivity index (χ0v) is 13.8. The van der Waals surface area contributed by atoms with Gasteiger partial charge in [0.2, 0.25) is 0 Å². The van der Waals surface area contributed by atoms with E-state index in [2.05, 4.69) is 26.8 Å². The molecule has 1 saturated heterocycles. The molecule has 0 unspecified atom stereocenters. The normalized spacial score (nSPS) is 21.6. The number of morpholine rings is 1. The molecule has 0 N–H and O–H groups in total. The van der Waals surface area contributed by atoms with Crippen LogP contribution < -0.4 is 4.90 Å². The Labute approximate surface area is 141 Å². The van der Waals surface area contributed by atoms with Gasteiger partial charge in [-0.15, -0.1) is 0 Å². The molecule has 1 aromatic carbocycles. The minimum atomic E-state index is -0.223. The van der Waals surface area contributed by atoms with Gasteiger partial charge in [0.1, 0.15) is 24.1 Å². The zero-order valence-electron chi connectivity index (χ0n) is 13.8. The summed E-state index contributed by atoms with van der Waals surface area (Å²) in [6.07, 6.45) is 2.57. The van der Waals surface area contributed by atoms with Gasteiger partial charge in [-0.3, -0.25) is 0 Å². The van der Waals surface area contributed by atoms with Gasteiger partial charge in [-0.05, 0) is 24.7 Å². The van der Waals surface area contributed by atoms with E-state index < -0.39 is 0 Å². The van der Waals surface area contributed by atoms with Crippen molar-refractivity contribution < 1.29 is 9.13 Å². The number of nitrogens with zero attached hydrogens (tertiary/aromatic N) is 4. The lowest BCUT2D eigenvalue weighted by molar-refractivity contribution is 0.0393. The molecule has 24 heavy (non-hydrogen) atoms. The van der Waals surface area contributed by atoms with Crippen LogP contribution in [0.4, 0.5) is 10.2 Å². The van der Waals surface area contributed by atoms with Crippen LogP contribution >= 0.6 is 0 Å². The van der Waals surface area contributed by atoms with Crippen molar-refractivity contribution in [1.29, 1.82) is 0 Å². The summed E-state index contributed by atoms with van der Waals surface area (Å²) in [6.45, 7) is 4.08. The molecule has 0 saturated carbocycles. The maximum Gasteiger partial charge on any atom is 0.136 e. The molecule has 6 heteroatoms.